The van der Waals surface area contributed by atoms with Crippen LogP contribution in [0.15, 0.2) is 0 Å². The van der Waals surface area contributed by atoms with Gasteiger partial charge in [-0.1, -0.05) is 39.0 Å². The molecule has 8 nitrogen and oxygen atoms in total. The van der Waals surface area contributed by atoms with Gasteiger partial charge in [-0.15, -0.1) is 0 Å². The molecule has 178 valence electrons. The zero-order valence-electron chi connectivity index (χ0n) is 19.4. The number of rotatable bonds is 5. The molecule has 1 atom stereocenters. The van der Waals surface area contributed by atoms with Crippen molar-refractivity contribution < 1.29 is 19.2 Å². The minimum absolute atomic E-state index is 0.0862. The predicted octanol–water partition coefficient (Wildman–Crippen LogP) is 2.66. The average molecular weight is 447 g/mol. The molecule has 0 bridgehead atoms. The first-order chi connectivity index (χ1) is 15.4. The van der Waals surface area contributed by atoms with Gasteiger partial charge in [0.25, 0.3) is 5.91 Å². The molecule has 1 N–H and O–H groups in total. The highest BCUT2D eigenvalue weighted by Crippen LogP contribution is 2.33. The number of hydrogen-bond donors (Lipinski definition) is 1. The van der Waals surface area contributed by atoms with Gasteiger partial charge in [-0.05, 0) is 38.0 Å². The molecule has 1 saturated carbocycles. The molecule has 0 aromatic rings. The summed E-state index contributed by atoms with van der Waals surface area (Å²) < 4.78 is 0. The standard InChI is InChI=1S/C24H38N4O4/c1-2-20(29)26-15-12-24(13-16-26)22(31)28(23(32)25-24)19-9-6-14-27(17-19)21(30)11-10-18-7-4-3-5-8-18/h18-19H,2-17H2,1H3,(H,25,32). The van der Waals surface area contributed by atoms with Gasteiger partial charge < -0.3 is 15.1 Å². The van der Waals surface area contributed by atoms with Gasteiger partial charge in [-0.25, -0.2) is 4.79 Å². The minimum atomic E-state index is -0.894. The maximum absolute atomic E-state index is 13.4. The Morgan fingerprint density at radius 3 is 2.34 bits per heavy atom. The summed E-state index contributed by atoms with van der Waals surface area (Å²) in [5.74, 6) is 0.744. The molecular weight excluding hydrogens is 408 g/mol. The Balaban J connectivity index is 1.34. The quantitative estimate of drug-likeness (QED) is 0.658. The second-order valence-corrected chi connectivity index (χ2v) is 10.1. The van der Waals surface area contributed by atoms with E-state index in [-0.39, 0.29) is 29.8 Å². The fourth-order valence-electron chi connectivity index (χ4n) is 6.03. The summed E-state index contributed by atoms with van der Waals surface area (Å²) in [7, 11) is 0. The van der Waals surface area contributed by atoms with Crippen LogP contribution in [0.1, 0.15) is 84.0 Å². The van der Waals surface area contributed by atoms with E-state index in [4.69, 9.17) is 0 Å². The molecule has 4 rings (SSSR count). The first-order valence-corrected chi connectivity index (χ1v) is 12.6. The number of imide groups is 1. The van der Waals surface area contributed by atoms with Crippen LogP contribution in [0.3, 0.4) is 0 Å². The maximum atomic E-state index is 13.4. The zero-order chi connectivity index (χ0) is 22.7. The molecule has 3 aliphatic heterocycles. The topological polar surface area (TPSA) is 90.0 Å². The van der Waals surface area contributed by atoms with Gasteiger partial charge >= 0.3 is 6.03 Å². The molecular formula is C24H38N4O4. The molecule has 0 aromatic heterocycles. The molecule has 5 amide bonds. The molecule has 3 heterocycles. The smallest absolute Gasteiger partial charge is 0.325 e. The first-order valence-electron chi connectivity index (χ1n) is 12.6. The van der Waals surface area contributed by atoms with Crippen molar-refractivity contribution in [2.45, 2.75) is 95.6 Å². The lowest BCUT2D eigenvalue weighted by molar-refractivity contribution is -0.141. The number of nitrogens with one attached hydrogen (secondary N) is 1. The van der Waals surface area contributed by atoms with Crippen molar-refractivity contribution in [3.8, 4) is 0 Å². The summed E-state index contributed by atoms with van der Waals surface area (Å²) in [5, 5.41) is 2.95. The minimum Gasteiger partial charge on any atom is -0.343 e. The summed E-state index contributed by atoms with van der Waals surface area (Å²) in [5.41, 5.74) is -0.894. The van der Waals surface area contributed by atoms with Crippen molar-refractivity contribution in [1.29, 1.82) is 0 Å². The Hall–Kier alpha value is -2.12. The molecule has 1 spiro atoms. The van der Waals surface area contributed by atoms with Gasteiger partial charge in [-0.3, -0.25) is 19.3 Å². The van der Waals surface area contributed by atoms with E-state index in [9.17, 15) is 19.2 Å². The molecule has 0 aromatic carbocycles. The average Bonchev–Trinajstić information content (AvgIpc) is 3.07. The van der Waals surface area contributed by atoms with Gasteiger partial charge in [0.15, 0.2) is 0 Å². The third-order valence-electron chi connectivity index (χ3n) is 8.07. The second-order valence-electron chi connectivity index (χ2n) is 10.1. The third-order valence-corrected chi connectivity index (χ3v) is 8.07. The van der Waals surface area contributed by atoms with Crippen LogP contribution >= 0.6 is 0 Å². The van der Waals surface area contributed by atoms with Crippen LogP contribution < -0.4 is 5.32 Å². The van der Waals surface area contributed by atoms with Gasteiger partial charge in [0.05, 0.1) is 6.04 Å². The van der Waals surface area contributed by atoms with E-state index >= 15 is 0 Å². The number of urea groups is 1. The lowest BCUT2D eigenvalue weighted by Gasteiger charge is -2.39. The van der Waals surface area contributed by atoms with Crippen molar-refractivity contribution in [2.75, 3.05) is 26.2 Å². The van der Waals surface area contributed by atoms with Crippen LogP contribution in [0, 0.1) is 5.92 Å². The largest absolute Gasteiger partial charge is 0.343 e. The fourth-order valence-corrected chi connectivity index (χ4v) is 6.03. The fraction of sp³-hybridized carbons (Fsp3) is 0.833. The molecule has 4 fully saturated rings. The highest BCUT2D eigenvalue weighted by Gasteiger charge is 2.54. The van der Waals surface area contributed by atoms with Gasteiger partial charge in [0.2, 0.25) is 11.8 Å². The summed E-state index contributed by atoms with van der Waals surface area (Å²) in [4.78, 5) is 56.1. The summed E-state index contributed by atoms with van der Waals surface area (Å²) in [6.07, 6.45) is 10.8. The van der Waals surface area contributed by atoms with E-state index in [1.54, 1.807) is 4.90 Å². The predicted molar refractivity (Wildman–Crippen MR) is 120 cm³/mol. The number of hydrogen-bond acceptors (Lipinski definition) is 4. The Morgan fingerprint density at radius 2 is 1.66 bits per heavy atom. The molecule has 1 aliphatic carbocycles. The number of piperidine rings is 2. The number of nitrogens with zero attached hydrogens (tertiary/aromatic N) is 3. The monoisotopic (exact) mass is 446 g/mol. The van der Waals surface area contributed by atoms with Gasteiger partial charge in [-0.2, -0.15) is 0 Å². The first kappa shape index (κ1) is 23.1. The van der Waals surface area contributed by atoms with E-state index in [2.05, 4.69) is 5.32 Å². The number of carbonyl (C=O) groups is 4. The second kappa shape index (κ2) is 9.79. The van der Waals surface area contributed by atoms with E-state index in [1.165, 1.54) is 37.0 Å². The highest BCUT2D eigenvalue weighted by molar-refractivity contribution is 6.07. The Kier molecular flexibility index (Phi) is 7.05. The molecule has 32 heavy (non-hydrogen) atoms. The molecule has 1 unspecified atom stereocenters. The van der Waals surface area contributed by atoms with Gasteiger partial charge in [0, 0.05) is 39.0 Å². The van der Waals surface area contributed by atoms with E-state index in [0.29, 0.717) is 57.8 Å². The zero-order valence-corrected chi connectivity index (χ0v) is 19.4. The number of carbonyl (C=O) groups excluding carboxylic acids is 4. The van der Waals surface area contributed by atoms with E-state index in [0.717, 1.165) is 19.3 Å². The van der Waals surface area contributed by atoms with Crippen LogP contribution in [0.25, 0.3) is 0 Å². The normalized spacial score (nSPS) is 26.5. The SMILES string of the molecule is CCC(=O)N1CCC2(CC1)NC(=O)N(C1CCCN(C(=O)CCC3CCCCC3)C1)C2=O. The summed E-state index contributed by atoms with van der Waals surface area (Å²) in [6.45, 7) is 3.97. The molecule has 0 radical (unpaired) electrons. The van der Waals surface area contributed by atoms with Crippen LogP contribution in [0.2, 0.25) is 0 Å². The highest BCUT2D eigenvalue weighted by atomic mass is 16.2. The Bertz CT molecular complexity index is 740. The lowest BCUT2D eigenvalue weighted by Crippen LogP contribution is -2.57. The number of likely N-dealkylation sites (tertiary alicyclic amines) is 2. The van der Waals surface area contributed by atoms with Crippen LogP contribution in [0.5, 0.6) is 0 Å². The molecule has 4 aliphatic rings. The third kappa shape index (κ3) is 4.64. The lowest BCUT2D eigenvalue weighted by atomic mass is 9.86. The maximum Gasteiger partial charge on any atom is 0.325 e. The molecule has 8 heteroatoms. The van der Waals surface area contributed by atoms with Crippen LogP contribution in [0.4, 0.5) is 4.79 Å². The Morgan fingerprint density at radius 1 is 0.938 bits per heavy atom. The van der Waals surface area contributed by atoms with Crippen molar-refractivity contribution in [2.24, 2.45) is 5.92 Å². The Labute approximate surface area is 191 Å². The van der Waals surface area contributed by atoms with Crippen molar-refractivity contribution in [3.05, 3.63) is 0 Å². The van der Waals surface area contributed by atoms with Crippen molar-refractivity contribution in [1.82, 2.24) is 20.0 Å². The van der Waals surface area contributed by atoms with Crippen LogP contribution in [-0.4, -0.2) is 76.2 Å². The van der Waals surface area contributed by atoms with Crippen LogP contribution in [-0.2, 0) is 14.4 Å². The van der Waals surface area contributed by atoms with Crippen molar-refractivity contribution in [3.63, 3.8) is 0 Å². The van der Waals surface area contributed by atoms with Gasteiger partial charge in [0.1, 0.15) is 5.54 Å². The van der Waals surface area contributed by atoms with E-state index in [1.807, 2.05) is 11.8 Å². The summed E-state index contributed by atoms with van der Waals surface area (Å²) in [6, 6.07) is -0.601. The number of amides is 5. The van der Waals surface area contributed by atoms with E-state index < -0.39 is 5.54 Å². The van der Waals surface area contributed by atoms with Crippen molar-refractivity contribution >= 4 is 23.8 Å². The summed E-state index contributed by atoms with van der Waals surface area (Å²) >= 11 is 0. The molecule has 3 saturated heterocycles.